The summed E-state index contributed by atoms with van der Waals surface area (Å²) in [5.74, 6) is -0.789. The highest BCUT2D eigenvalue weighted by molar-refractivity contribution is 5.77. The molecule has 174 valence electrons. The van der Waals surface area contributed by atoms with E-state index in [1.807, 2.05) is 0 Å². The molecule has 5 heterocycles. The Hall–Kier alpha value is -4.15. The lowest BCUT2D eigenvalue weighted by molar-refractivity contribution is -0.122. The highest BCUT2D eigenvalue weighted by atomic mass is 19.1. The quantitative estimate of drug-likeness (QED) is 0.425. The van der Waals surface area contributed by atoms with Gasteiger partial charge in [-0.3, -0.25) is 9.20 Å². The molecule has 0 saturated carbocycles. The monoisotopic (exact) mass is 470 g/mol. The van der Waals surface area contributed by atoms with Crippen LogP contribution >= 0.6 is 0 Å². The summed E-state index contributed by atoms with van der Waals surface area (Å²) in [5.41, 5.74) is 2.85. The Morgan fingerprint density at radius 2 is 1.82 bits per heavy atom. The van der Waals surface area contributed by atoms with Crippen molar-refractivity contribution in [3.63, 3.8) is 0 Å². The summed E-state index contributed by atoms with van der Waals surface area (Å²) >= 11 is 0. The number of halogens is 3. The second-order valence-electron chi connectivity index (χ2n) is 7.74. The highest BCUT2D eigenvalue weighted by Crippen LogP contribution is 2.41. The highest BCUT2D eigenvalue weighted by Gasteiger charge is 2.32. The lowest BCUT2D eigenvalue weighted by atomic mass is 9.93. The molecule has 0 saturated heterocycles. The lowest BCUT2D eigenvalue weighted by Crippen LogP contribution is -2.13. The van der Waals surface area contributed by atoms with Gasteiger partial charge in [0.25, 0.3) is 6.47 Å². The third-order valence-corrected chi connectivity index (χ3v) is 5.86. The average Bonchev–Trinajstić information content (AvgIpc) is 3.46. The maximum absolute atomic E-state index is 14.7. The smallest absolute Gasteiger partial charge is 0.290 e. The number of carbonyl (C=O) groups is 1. The molecule has 1 N–H and O–H groups in total. The Kier molecular flexibility index (Phi) is 5.52. The minimum Gasteiger partial charge on any atom is -0.493 e. The molecule has 2 aliphatic rings. The van der Waals surface area contributed by atoms with E-state index in [0.717, 1.165) is 23.5 Å². The van der Waals surface area contributed by atoms with E-state index in [4.69, 9.17) is 19.4 Å². The normalized spacial score (nSPS) is 16.0. The Morgan fingerprint density at radius 1 is 1.06 bits per heavy atom. The first-order chi connectivity index (χ1) is 16.5. The van der Waals surface area contributed by atoms with Crippen molar-refractivity contribution in [3.8, 4) is 22.8 Å². The molecule has 0 amide bonds. The number of fused-ring (bicyclic) bond motifs is 3. The molecule has 0 aliphatic carbocycles. The van der Waals surface area contributed by atoms with Gasteiger partial charge in [-0.05, 0) is 36.6 Å². The van der Waals surface area contributed by atoms with Crippen LogP contribution in [0.1, 0.15) is 22.7 Å². The summed E-state index contributed by atoms with van der Waals surface area (Å²) in [5, 5.41) is 15.0. The minimum atomic E-state index is -0.809. The third kappa shape index (κ3) is 3.58. The molecule has 3 aromatic heterocycles. The number of hydrogen-bond acceptors (Lipinski definition) is 6. The molecule has 1 aromatic carbocycles. The Labute approximate surface area is 190 Å². The van der Waals surface area contributed by atoms with Crippen molar-refractivity contribution in [3.05, 3.63) is 71.1 Å². The van der Waals surface area contributed by atoms with Crippen molar-refractivity contribution >= 4 is 12.1 Å². The van der Waals surface area contributed by atoms with Crippen molar-refractivity contribution < 1.29 is 32.5 Å². The zero-order valence-corrected chi connectivity index (χ0v) is 17.5. The van der Waals surface area contributed by atoms with Gasteiger partial charge in [0, 0.05) is 11.6 Å². The number of rotatable bonds is 1. The van der Waals surface area contributed by atoms with Crippen LogP contribution in [0, 0.1) is 17.5 Å². The van der Waals surface area contributed by atoms with Crippen molar-refractivity contribution in [2.75, 3.05) is 13.2 Å². The molecule has 0 spiro atoms. The molecule has 6 rings (SSSR count). The van der Waals surface area contributed by atoms with E-state index in [2.05, 4.69) is 15.2 Å². The maximum atomic E-state index is 14.7. The van der Waals surface area contributed by atoms with Gasteiger partial charge >= 0.3 is 0 Å². The third-order valence-electron chi connectivity index (χ3n) is 5.86. The van der Waals surface area contributed by atoms with Crippen molar-refractivity contribution in [2.45, 2.75) is 18.8 Å². The van der Waals surface area contributed by atoms with Crippen LogP contribution in [0.15, 0.2) is 36.8 Å². The number of carboxylic acid groups (broad SMARTS) is 1. The second-order valence-corrected chi connectivity index (χ2v) is 7.74. The lowest BCUT2D eigenvalue weighted by Gasteiger charge is -2.16. The van der Waals surface area contributed by atoms with Gasteiger partial charge < -0.3 is 14.6 Å². The van der Waals surface area contributed by atoms with Crippen LogP contribution in [0.2, 0.25) is 0 Å². The van der Waals surface area contributed by atoms with Gasteiger partial charge in [0.1, 0.15) is 35.2 Å². The SMILES string of the molecule is Fc1cnc(-c2cc3c(n4cnnc24)CCc2c(F)ccc4c2[C@H](CO4)CO3)c(F)c1.O=CO. The van der Waals surface area contributed by atoms with Gasteiger partial charge in [-0.1, -0.05) is 0 Å². The number of aryl methyl sites for hydroxylation is 1. The van der Waals surface area contributed by atoms with E-state index in [9.17, 15) is 13.2 Å². The summed E-state index contributed by atoms with van der Waals surface area (Å²) in [4.78, 5) is 12.3. The molecule has 0 radical (unpaired) electrons. The summed E-state index contributed by atoms with van der Waals surface area (Å²) in [7, 11) is 0. The van der Waals surface area contributed by atoms with Gasteiger partial charge in [-0.25, -0.2) is 18.2 Å². The fourth-order valence-corrected chi connectivity index (χ4v) is 4.45. The maximum Gasteiger partial charge on any atom is 0.290 e. The molecule has 0 unspecified atom stereocenters. The molecule has 4 aromatic rings. The number of ether oxygens (including phenoxy) is 2. The van der Waals surface area contributed by atoms with E-state index < -0.39 is 11.6 Å². The zero-order chi connectivity index (χ0) is 23.8. The predicted molar refractivity (Wildman–Crippen MR) is 112 cm³/mol. The molecular weight excluding hydrogens is 453 g/mol. The Bertz CT molecular complexity index is 1410. The van der Waals surface area contributed by atoms with Crippen LogP contribution in [0.3, 0.4) is 0 Å². The Morgan fingerprint density at radius 3 is 2.59 bits per heavy atom. The molecule has 34 heavy (non-hydrogen) atoms. The van der Waals surface area contributed by atoms with Crippen LogP contribution in [0.4, 0.5) is 13.2 Å². The van der Waals surface area contributed by atoms with Crippen LogP contribution in [0.25, 0.3) is 16.9 Å². The number of pyridine rings is 2. The first kappa shape index (κ1) is 21.7. The zero-order valence-electron chi connectivity index (χ0n) is 17.5. The van der Waals surface area contributed by atoms with Crippen LogP contribution in [-0.4, -0.2) is 44.4 Å². The van der Waals surface area contributed by atoms with Crippen LogP contribution < -0.4 is 9.47 Å². The van der Waals surface area contributed by atoms with Crippen molar-refractivity contribution in [1.82, 2.24) is 19.6 Å². The largest absolute Gasteiger partial charge is 0.493 e. The van der Waals surface area contributed by atoms with E-state index in [0.29, 0.717) is 47.7 Å². The number of nitrogens with zero attached hydrogens (tertiary/aromatic N) is 4. The molecular formula is C23H17F3N4O4. The van der Waals surface area contributed by atoms with Gasteiger partial charge in [0.2, 0.25) is 0 Å². The first-order valence-electron chi connectivity index (χ1n) is 10.3. The summed E-state index contributed by atoms with van der Waals surface area (Å²) in [6.07, 6.45) is 3.33. The van der Waals surface area contributed by atoms with E-state index in [1.54, 1.807) is 16.5 Å². The fourth-order valence-electron chi connectivity index (χ4n) is 4.45. The van der Waals surface area contributed by atoms with Crippen LogP contribution in [-0.2, 0) is 17.6 Å². The van der Waals surface area contributed by atoms with Gasteiger partial charge in [-0.15, -0.1) is 10.2 Å². The summed E-state index contributed by atoms with van der Waals surface area (Å²) in [6.45, 7) is 0.417. The molecule has 0 fully saturated rings. The summed E-state index contributed by atoms with van der Waals surface area (Å²) in [6, 6.07) is 5.50. The number of hydrogen-bond donors (Lipinski definition) is 1. The van der Waals surface area contributed by atoms with Crippen LogP contribution in [0.5, 0.6) is 11.5 Å². The number of benzene rings is 1. The van der Waals surface area contributed by atoms with Crippen molar-refractivity contribution in [1.29, 1.82) is 0 Å². The van der Waals surface area contributed by atoms with E-state index in [-0.39, 0.29) is 30.5 Å². The van der Waals surface area contributed by atoms with E-state index in [1.165, 1.54) is 12.4 Å². The van der Waals surface area contributed by atoms with Gasteiger partial charge in [0.05, 0.1) is 36.6 Å². The Balaban J connectivity index is 0.000000764. The number of aromatic nitrogens is 4. The molecule has 8 nitrogen and oxygen atoms in total. The predicted octanol–water partition coefficient (Wildman–Crippen LogP) is 3.56. The molecule has 11 heteroatoms. The van der Waals surface area contributed by atoms with Gasteiger partial charge in [0.15, 0.2) is 11.5 Å². The van der Waals surface area contributed by atoms with Crippen molar-refractivity contribution in [2.24, 2.45) is 0 Å². The first-order valence-corrected chi connectivity index (χ1v) is 10.3. The standard InChI is InChI=1S/C22H15F3N4O2.CH2O2/c23-12-5-16(25)21(26-7-12)14-6-19-17(29-10-27-28-22(14)29)3-1-13-15(24)2-4-18-20(13)11(8-30-18)9-31-19;2-1-3/h2,4-7,10-11H,1,3,8-9H2;1H,(H,2,3)/t11-;/m1./s1. The van der Waals surface area contributed by atoms with E-state index >= 15 is 0 Å². The average molecular weight is 470 g/mol. The molecule has 1 atom stereocenters. The molecule has 2 aliphatic heterocycles. The summed E-state index contributed by atoms with van der Waals surface area (Å²) < 4.78 is 56.1. The minimum absolute atomic E-state index is 0.0495. The van der Waals surface area contributed by atoms with Gasteiger partial charge in [-0.2, -0.15) is 0 Å². The second kappa shape index (κ2) is 8.65. The molecule has 0 bridgehead atoms. The fraction of sp³-hybridized carbons (Fsp3) is 0.217. The topological polar surface area (TPSA) is 98.8 Å².